The van der Waals surface area contributed by atoms with Gasteiger partial charge in [-0.3, -0.25) is 9.89 Å². The first-order chi connectivity index (χ1) is 12.8. The molecule has 146 valence electrons. The van der Waals surface area contributed by atoms with Gasteiger partial charge in [0, 0.05) is 31.9 Å². The van der Waals surface area contributed by atoms with E-state index in [1.54, 1.807) is 11.8 Å². The summed E-state index contributed by atoms with van der Waals surface area (Å²) in [5.41, 5.74) is 1.25. The summed E-state index contributed by atoms with van der Waals surface area (Å²) in [5, 5.41) is 6.64. The number of nitrogens with one attached hydrogen (secondary N) is 1. The quantitative estimate of drug-likeness (QED) is 0.861. The standard InChI is InChI=1S/C18H23FN4O3S/c1-13-17(12-20-21-13)18(24)23-9-4-6-15(8-10-23)22(2)27(25,26)16-7-3-5-14(19)11-16/h3,5,7,11-12,15H,4,6,8-10H2,1-2H3,(H,20,21). The van der Waals surface area contributed by atoms with E-state index in [4.69, 9.17) is 0 Å². The number of sulfonamides is 1. The number of H-pyrrole nitrogens is 1. The maximum Gasteiger partial charge on any atom is 0.257 e. The number of carbonyl (C=O) groups excluding carboxylic acids is 1. The summed E-state index contributed by atoms with van der Waals surface area (Å²) in [7, 11) is -2.27. The predicted molar refractivity (Wildman–Crippen MR) is 98.2 cm³/mol. The third-order valence-electron chi connectivity index (χ3n) is 5.03. The fraction of sp³-hybridized carbons (Fsp3) is 0.444. The first kappa shape index (κ1) is 19.5. The van der Waals surface area contributed by atoms with Crippen LogP contribution in [0.4, 0.5) is 4.39 Å². The number of aryl methyl sites for hydroxylation is 1. The van der Waals surface area contributed by atoms with Crippen LogP contribution in [0.25, 0.3) is 0 Å². The van der Waals surface area contributed by atoms with Gasteiger partial charge in [-0.2, -0.15) is 9.40 Å². The Morgan fingerprint density at radius 2 is 2.11 bits per heavy atom. The number of hydrogen-bond acceptors (Lipinski definition) is 4. The Labute approximate surface area is 158 Å². The largest absolute Gasteiger partial charge is 0.338 e. The monoisotopic (exact) mass is 394 g/mol. The number of benzene rings is 1. The number of amides is 1. The zero-order valence-corrected chi connectivity index (χ0v) is 16.2. The summed E-state index contributed by atoms with van der Waals surface area (Å²) in [4.78, 5) is 14.3. The molecule has 0 radical (unpaired) electrons. The molecule has 2 aromatic rings. The molecule has 1 aliphatic heterocycles. The molecule has 1 amide bonds. The number of nitrogens with zero attached hydrogens (tertiary/aromatic N) is 3. The second-order valence-electron chi connectivity index (χ2n) is 6.76. The van der Waals surface area contributed by atoms with Gasteiger partial charge in [0.15, 0.2) is 0 Å². The molecule has 9 heteroatoms. The van der Waals surface area contributed by atoms with Gasteiger partial charge < -0.3 is 4.90 Å². The molecule has 1 N–H and O–H groups in total. The number of hydrogen-bond donors (Lipinski definition) is 1. The van der Waals surface area contributed by atoms with Crippen molar-refractivity contribution >= 4 is 15.9 Å². The molecule has 2 heterocycles. The molecule has 0 spiro atoms. The van der Waals surface area contributed by atoms with Crippen LogP contribution in [0, 0.1) is 12.7 Å². The molecule has 0 saturated carbocycles. The lowest BCUT2D eigenvalue weighted by atomic mass is 10.1. The number of carbonyl (C=O) groups is 1. The van der Waals surface area contributed by atoms with Crippen molar-refractivity contribution in [1.29, 1.82) is 0 Å². The van der Waals surface area contributed by atoms with Gasteiger partial charge in [0.1, 0.15) is 5.82 Å². The Hall–Kier alpha value is -2.26. The van der Waals surface area contributed by atoms with Crippen LogP contribution >= 0.6 is 0 Å². The molecule has 0 bridgehead atoms. The third kappa shape index (κ3) is 4.03. The van der Waals surface area contributed by atoms with Crippen molar-refractivity contribution < 1.29 is 17.6 Å². The molecule has 1 aromatic carbocycles. The molecule has 1 atom stereocenters. The van der Waals surface area contributed by atoms with Gasteiger partial charge in [0.25, 0.3) is 5.91 Å². The normalized spacial score (nSPS) is 18.5. The highest BCUT2D eigenvalue weighted by molar-refractivity contribution is 7.89. The molecule has 1 fully saturated rings. The number of rotatable bonds is 4. The maximum atomic E-state index is 13.4. The summed E-state index contributed by atoms with van der Waals surface area (Å²) in [6, 6.07) is 4.77. The van der Waals surface area contributed by atoms with Crippen LogP contribution in [0.15, 0.2) is 35.4 Å². The van der Waals surface area contributed by atoms with Gasteiger partial charge in [0.2, 0.25) is 10.0 Å². The Bertz CT molecular complexity index is 928. The highest BCUT2D eigenvalue weighted by atomic mass is 32.2. The van der Waals surface area contributed by atoms with Crippen molar-refractivity contribution in [2.45, 2.75) is 37.1 Å². The Kier molecular flexibility index (Phi) is 5.61. The summed E-state index contributed by atoms with van der Waals surface area (Å²) >= 11 is 0. The van der Waals surface area contributed by atoms with E-state index >= 15 is 0 Å². The lowest BCUT2D eigenvalue weighted by Gasteiger charge is -2.26. The van der Waals surface area contributed by atoms with Crippen molar-refractivity contribution in [2.75, 3.05) is 20.1 Å². The minimum atomic E-state index is -3.79. The van der Waals surface area contributed by atoms with E-state index < -0.39 is 15.8 Å². The summed E-state index contributed by atoms with van der Waals surface area (Å²) in [5.74, 6) is -0.685. The maximum absolute atomic E-state index is 13.4. The van der Waals surface area contributed by atoms with Crippen molar-refractivity contribution in [2.24, 2.45) is 0 Å². The molecule has 1 unspecified atom stereocenters. The Morgan fingerprint density at radius 1 is 1.33 bits per heavy atom. The molecular formula is C18H23FN4O3S. The zero-order valence-electron chi connectivity index (χ0n) is 15.4. The van der Waals surface area contributed by atoms with Crippen molar-refractivity contribution in [1.82, 2.24) is 19.4 Å². The molecular weight excluding hydrogens is 371 g/mol. The van der Waals surface area contributed by atoms with Crippen LogP contribution in [0.5, 0.6) is 0 Å². The van der Waals surface area contributed by atoms with Gasteiger partial charge >= 0.3 is 0 Å². The number of aromatic amines is 1. The second kappa shape index (κ2) is 7.77. The summed E-state index contributed by atoms with van der Waals surface area (Å²) in [6.45, 7) is 2.81. The SMILES string of the molecule is Cc1[nH]ncc1C(=O)N1CCCC(N(C)S(=O)(=O)c2cccc(F)c2)CC1. The lowest BCUT2D eigenvalue weighted by Crippen LogP contribution is -2.38. The molecule has 27 heavy (non-hydrogen) atoms. The molecule has 7 nitrogen and oxygen atoms in total. The van der Waals surface area contributed by atoms with Crippen LogP contribution in [0.1, 0.15) is 35.3 Å². The summed E-state index contributed by atoms with van der Waals surface area (Å²) < 4.78 is 40.4. The average Bonchev–Trinajstić information content (AvgIpc) is 2.92. The van der Waals surface area contributed by atoms with Crippen LogP contribution in [-0.4, -0.2) is 59.9 Å². The smallest absolute Gasteiger partial charge is 0.257 e. The van der Waals surface area contributed by atoms with E-state index in [0.29, 0.717) is 43.6 Å². The topological polar surface area (TPSA) is 86.4 Å². The molecule has 0 aliphatic carbocycles. The predicted octanol–water partition coefficient (Wildman–Crippen LogP) is 2.17. The Balaban J connectivity index is 1.72. The number of aromatic nitrogens is 2. The average molecular weight is 394 g/mol. The third-order valence-corrected chi connectivity index (χ3v) is 6.94. The van der Waals surface area contributed by atoms with Crippen molar-refractivity contribution in [3.8, 4) is 0 Å². The molecule has 1 aliphatic rings. The van der Waals surface area contributed by atoms with Gasteiger partial charge in [0.05, 0.1) is 16.7 Å². The van der Waals surface area contributed by atoms with Gasteiger partial charge in [-0.1, -0.05) is 6.07 Å². The molecule has 1 saturated heterocycles. The van der Waals surface area contributed by atoms with E-state index in [-0.39, 0.29) is 16.8 Å². The molecule has 1 aromatic heterocycles. The van der Waals surface area contributed by atoms with E-state index in [1.807, 2.05) is 0 Å². The van der Waals surface area contributed by atoms with Crippen LogP contribution in [-0.2, 0) is 10.0 Å². The minimum Gasteiger partial charge on any atom is -0.338 e. The van der Waals surface area contributed by atoms with Crippen LogP contribution in [0.3, 0.4) is 0 Å². The fourth-order valence-electron chi connectivity index (χ4n) is 3.37. The van der Waals surface area contributed by atoms with E-state index in [9.17, 15) is 17.6 Å². The zero-order chi connectivity index (χ0) is 19.6. The van der Waals surface area contributed by atoms with Crippen molar-refractivity contribution in [3.05, 3.63) is 47.5 Å². The van der Waals surface area contributed by atoms with Crippen LogP contribution in [0.2, 0.25) is 0 Å². The summed E-state index contributed by atoms with van der Waals surface area (Å²) in [6.07, 6.45) is 3.36. The van der Waals surface area contributed by atoms with E-state index in [2.05, 4.69) is 10.2 Å². The minimum absolute atomic E-state index is 0.0591. The first-order valence-electron chi connectivity index (χ1n) is 8.83. The lowest BCUT2D eigenvalue weighted by molar-refractivity contribution is 0.0759. The van der Waals surface area contributed by atoms with Crippen LogP contribution < -0.4 is 0 Å². The fourth-order valence-corrected chi connectivity index (χ4v) is 4.82. The molecule has 3 rings (SSSR count). The van der Waals surface area contributed by atoms with Gasteiger partial charge in [-0.15, -0.1) is 0 Å². The van der Waals surface area contributed by atoms with Crippen molar-refractivity contribution in [3.63, 3.8) is 0 Å². The van der Waals surface area contributed by atoms with Gasteiger partial charge in [-0.25, -0.2) is 12.8 Å². The number of halogens is 1. The van der Waals surface area contributed by atoms with E-state index in [1.165, 1.54) is 35.7 Å². The highest BCUT2D eigenvalue weighted by Crippen LogP contribution is 2.24. The highest BCUT2D eigenvalue weighted by Gasteiger charge is 2.31. The number of likely N-dealkylation sites (tertiary alicyclic amines) is 1. The van der Waals surface area contributed by atoms with E-state index in [0.717, 1.165) is 6.07 Å². The van der Waals surface area contributed by atoms with Gasteiger partial charge in [-0.05, 0) is 44.4 Å². The second-order valence-corrected chi connectivity index (χ2v) is 8.76. The Morgan fingerprint density at radius 3 is 2.78 bits per heavy atom. The first-order valence-corrected chi connectivity index (χ1v) is 10.3.